The third kappa shape index (κ3) is 5.79. The molecule has 140 valence electrons. The summed E-state index contributed by atoms with van der Waals surface area (Å²) in [5.41, 5.74) is 2.81. The van der Waals surface area contributed by atoms with Crippen molar-refractivity contribution < 1.29 is 19.1 Å². The minimum absolute atomic E-state index is 0.246. The van der Waals surface area contributed by atoms with E-state index in [2.05, 4.69) is 31.3 Å². The van der Waals surface area contributed by atoms with Crippen molar-refractivity contribution >= 4 is 45.1 Å². The number of aryl methyl sites for hydroxylation is 1. The zero-order valence-corrected chi connectivity index (χ0v) is 16.7. The molecule has 2 amide bonds. The standard InChI is InChI=1S/C20H19BrN2O4/c1-12-4-7-16(11-17(12)21)22-18(24)10-13(2)19(25)23-15-8-5-14(6-9-15)20(26)27-3/h4-11H,1-3H3,(H,22,24)(H,23,25)/b13-10+. The Bertz CT molecular complexity index is 905. The molecule has 0 spiro atoms. The number of hydrogen-bond acceptors (Lipinski definition) is 4. The number of carbonyl (C=O) groups is 3. The average molecular weight is 431 g/mol. The second-order valence-corrected chi connectivity index (χ2v) is 6.66. The minimum Gasteiger partial charge on any atom is -0.465 e. The Hall–Kier alpha value is -2.93. The smallest absolute Gasteiger partial charge is 0.337 e. The van der Waals surface area contributed by atoms with E-state index in [0.29, 0.717) is 16.9 Å². The first kappa shape index (κ1) is 20.4. The Morgan fingerprint density at radius 1 is 1.00 bits per heavy atom. The molecule has 0 heterocycles. The Morgan fingerprint density at radius 3 is 2.22 bits per heavy atom. The van der Waals surface area contributed by atoms with Crippen LogP contribution in [0.3, 0.4) is 0 Å². The number of carbonyl (C=O) groups excluding carboxylic acids is 3. The van der Waals surface area contributed by atoms with Gasteiger partial charge in [0.25, 0.3) is 5.91 Å². The maximum atomic E-state index is 12.2. The first-order valence-corrected chi connectivity index (χ1v) is 8.84. The summed E-state index contributed by atoms with van der Waals surface area (Å²) in [6.45, 7) is 3.49. The number of halogens is 1. The number of benzene rings is 2. The molecule has 0 saturated heterocycles. The monoisotopic (exact) mass is 430 g/mol. The zero-order valence-electron chi connectivity index (χ0n) is 15.1. The quantitative estimate of drug-likeness (QED) is 0.552. The highest BCUT2D eigenvalue weighted by Gasteiger charge is 2.09. The van der Waals surface area contributed by atoms with Gasteiger partial charge in [0.05, 0.1) is 12.7 Å². The molecule has 27 heavy (non-hydrogen) atoms. The molecule has 0 saturated carbocycles. The maximum absolute atomic E-state index is 12.2. The summed E-state index contributed by atoms with van der Waals surface area (Å²) in [5, 5.41) is 5.37. The van der Waals surface area contributed by atoms with Gasteiger partial charge in [-0.2, -0.15) is 0 Å². The summed E-state index contributed by atoms with van der Waals surface area (Å²) in [6, 6.07) is 11.7. The first-order chi connectivity index (χ1) is 12.8. The van der Waals surface area contributed by atoms with Gasteiger partial charge < -0.3 is 15.4 Å². The molecule has 0 aromatic heterocycles. The lowest BCUT2D eigenvalue weighted by Gasteiger charge is -2.07. The summed E-state index contributed by atoms with van der Waals surface area (Å²) >= 11 is 3.41. The fourth-order valence-electron chi connectivity index (χ4n) is 2.15. The summed E-state index contributed by atoms with van der Waals surface area (Å²) in [5.74, 6) is -1.27. The lowest BCUT2D eigenvalue weighted by Crippen LogP contribution is -2.16. The highest BCUT2D eigenvalue weighted by molar-refractivity contribution is 9.10. The van der Waals surface area contributed by atoms with Crippen LogP contribution >= 0.6 is 15.9 Å². The Labute approximate surface area is 165 Å². The molecule has 2 aromatic carbocycles. The molecule has 2 N–H and O–H groups in total. The first-order valence-electron chi connectivity index (χ1n) is 8.05. The van der Waals surface area contributed by atoms with E-state index in [4.69, 9.17) is 0 Å². The second-order valence-electron chi connectivity index (χ2n) is 5.80. The minimum atomic E-state index is -0.455. The van der Waals surface area contributed by atoms with Crippen LogP contribution in [-0.4, -0.2) is 24.9 Å². The van der Waals surface area contributed by atoms with Gasteiger partial charge in [-0.1, -0.05) is 22.0 Å². The number of nitrogens with one attached hydrogen (secondary N) is 2. The van der Waals surface area contributed by atoms with E-state index in [0.717, 1.165) is 10.0 Å². The van der Waals surface area contributed by atoms with Crippen molar-refractivity contribution in [2.24, 2.45) is 0 Å². The predicted molar refractivity (Wildman–Crippen MR) is 108 cm³/mol. The van der Waals surface area contributed by atoms with Crippen LogP contribution in [0.2, 0.25) is 0 Å². The number of esters is 1. The van der Waals surface area contributed by atoms with E-state index in [9.17, 15) is 14.4 Å². The summed E-state index contributed by atoms with van der Waals surface area (Å²) in [6.07, 6.45) is 1.23. The van der Waals surface area contributed by atoms with Crippen LogP contribution < -0.4 is 10.6 Å². The van der Waals surface area contributed by atoms with Crippen molar-refractivity contribution in [3.05, 3.63) is 69.7 Å². The number of amides is 2. The molecule has 6 nitrogen and oxygen atoms in total. The largest absolute Gasteiger partial charge is 0.465 e. The van der Waals surface area contributed by atoms with Crippen molar-refractivity contribution in [3.8, 4) is 0 Å². The van der Waals surface area contributed by atoms with Crippen LogP contribution in [0.25, 0.3) is 0 Å². The van der Waals surface area contributed by atoms with Gasteiger partial charge in [-0.25, -0.2) is 4.79 Å². The van der Waals surface area contributed by atoms with Gasteiger partial charge in [0, 0.05) is 27.5 Å². The van der Waals surface area contributed by atoms with E-state index in [-0.39, 0.29) is 5.57 Å². The third-order valence-electron chi connectivity index (χ3n) is 3.71. The molecule has 2 rings (SSSR count). The van der Waals surface area contributed by atoms with Crippen molar-refractivity contribution in [1.29, 1.82) is 0 Å². The van der Waals surface area contributed by atoms with Crippen molar-refractivity contribution in [1.82, 2.24) is 0 Å². The molecule has 0 atom stereocenters. The van der Waals surface area contributed by atoms with Gasteiger partial charge in [-0.3, -0.25) is 9.59 Å². The van der Waals surface area contributed by atoms with Crippen LogP contribution in [0.5, 0.6) is 0 Å². The van der Waals surface area contributed by atoms with Gasteiger partial charge in [-0.15, -0.1) is 0 Å². The maximum Gasteiger partial charge on any atom is 0.337 e. The summed E-state index contributed by atoms with van der Waals surface area (Å²) in [7, 11) is 1.30. The zero-order chi connectivity index (χ0) is 20.0. The second kappa shape index (κ2) is 9.14. The molecular weight excluding hydrogens is 412 g/mol. The van der Waals surface area contributed by atoms with Crippen LogP contribution in [0.1, 0.15) is 22.8 Å². The van der Waals surface area contributed by atoms with Crippen molar-refractivity contribution in [2.45, 2.75) is 13.8 Å². The Kier molecular flexibility index (Phi) is 6.90. The molecule has 0 aliphatic heterocycles. The van der Waals surface area contributed by atoms with Crippen LogP contribution in [0, 0.1) is 6.92 Å². The van der Waals surface area contributed by atoms with Crippen molar-refractivity contribution in [3.63, 3.8) is 0 Å². The van der Waals surface area contributed by atoms with E-state index in [1.165, 1.54) is 13.2 Å². The summed E-state index contributed by atoms with van der Waals surface area (Å²) in [4.78, 5) is 35.7. The average Bonchev–Trinajstić information content (AvgIpc) is 2.64. The molecule has 0 fully saturated rings. The topological polar surface area (TPSA) is 84.5 Å². The molecule has 2 aromatic rings. The lowest BCUT2D eigenvalue weighted by atomic mass is 10.2. The molecule has 0 radical (unpaired) electrons. The van der Waals surface area contributed by atoms with E-state index in [1.54, 1.807) is 43.3 Å². The van der Waals surface area contributed by atoms with Gasteiger partial charge in [-0.05, 0) is 55.8 Å². The van der Waals surface area contributed by atoms with E-state index in [1.807, 2.05) is 13.0 Å². The van der Waals surface area contributed by atoms with Crippen LogP contribution in [0.15, 0.2) is 58.6 Å². The summed E-state index contributed by atoms with van der Waals surface area (Å²) < 4.78 is 5.50. The molecule has 0 unspecified atom stereocenters. The fraction of sp³-hybridized carbons (Fsp3) is 0.150. The lowest BCUT2D eigenvalue weighted by molar-refractivity contribution is -0.114. The highest BCUT2D eigenvalue weighted by Crippen LogP contribution is 2.20. The van der Waals surface area contributed by atoms with Gasteiger partial charge in [0.15, 0.2) is 0 Å². The van der Waals surface area contributed by atoms with Gasteiger partial charge in [0.1, 0.15) is 0 Å². The molecular formula is C20H19BrN2O4. The van der Waals surface area contributed by atoms with E-state index < -0.39 is 17.8 Å². The fourth-order valence-corrected chi connectivity index (χ4v) is 2.53. The molecule has 0 bridgehead atoms. The Morgan fingerprint density at radius 2 is 1.63 bits per heavy atom. The number of methoxy groups -OCH3 is 1. The van der Waals surface area contributed by atoms with Crippen molar-refractivity contribution in [2.75, 3.05) is 17.7 Å². The SMILES string of the molecule is COC(=O)c1ccc(NC(=O)/C(C)=C/C(=O)Nc2ccc(C)c(Br)c2)cc1. The number of rotatable bonds is 5. The van der Waals surface area contributed by atoms with E-state index >= 15 is 0 Å². The highest BCUT2D eigenvalue weighted by atomic mass is 79.9. The number of anilines is 2. The number of hydrogen-bond donors (Lipinski definition) is 2. The number of ether oxygens (including phenoxy) is 1. The normalized spacial score (nSPS) is 10.9. The molecule has 0 aliphatic carbocycles. The van der Waals surface area contributed by atoms with Crippen LogP contribution in [-0.2, 0) is 14.3 Å². The third-order valence-corrected chi connectivity index (χ3v) is 4.56. The Balaban J connectivity index is 1.99. The van der Waals surface area contributed by atoms with Gasteiger partial charge in [0.2, 0.25) is 5.91 Å². The van der Waals surface area contributed by atoms with Gasteiger partial charge >= 0.3 is 5.97 Å². The molecule has 7 heteroatoms. The predicted octanol–water partition coefficient (Wildman–Crippen LogP) is 4.07. The van der Waals surface area contributed by atoms with Crippen LogP contribution in [0.4, 0.5) is 11.4 Å². The molecule has 0 aliphatic rings.